The molecule has 0 saturated carbocycles. The molecule has 3 aromatic rings. The lowest BCUT2D eigenvalue weighted by atomic mass is 10.2. The maximum absolute atomic E-state index is 11.8. The van der Waals surface area contributed by atoms with Crippen LogP contribution in [0.5, 0.6) is 0 Å². The van der Waals surface area contributed by atoms with Gasteiger partial charge in [-0.15, -0.1) is 22.7 Å². The Morgan fingerprint density at radius 2 is 1.95 bits per heavy atom. The van der Waals surface area contributed by atoms with Crippen molar-refractivity contribution in [2.24, 2.45) is 0 Å². The van der Waals surface area contributed by atoms with E-state index >= 15 is 0 Å². The number of carbonyl (C=O) groups excluding carboxylic acids is 2. The van der Waals surface area contributed by atoms with Gasteiger partial charge < -0.3 is 4.74 Å². The highest BCUT2D eigenvalue weighted by molar-refractivity contribution is 7.33. The van der Waals surface area contributed by atoms with Crippen molar-refractivity contribution < 1.29 is 14.3 Å². The number of carbonyl (C=O) groups is 2. The molecule has 3 rings (SSSR count). The first kappa shape index (κ1) is 12.3. The van der Waals surface area contributed by atoms with Crippen LogP contribution >= 0.6 is 22.7 Å². The summed E-state index contributed by atoms with van der Waals surface area (Å²) in [5.74, 6) is -0.579. The van der Waals surface area contributed by atoms with Crippen LogP contribution in [0.4, 0.5) is 0 Å². The zero-order valence-electron chi connectivity index (χ0n) is 10.1. The topological polar surface area (TPSA) is 43.4 Å². The average molecular weight is 290 g/mol. The van der Waals surface area contributed by atoms with Crippen LogP contribution in [-0.4, -0.2) is 18.4 Å². The molecule has 0 saturated heterocycles. The van der Waals surface area contributed by atoms with Crippen molar-refractivity contribution in [1.29, 1.82) is 0 Å². The van der Waals surface area contributed by atoms with E-state index in [9.17, 15) is 9.59 Å². The highest BCUT2D eigenvalue weighted by Gasteiger charge is 2.15. The fraction of sp³-hybridized carbons (Fsp3) is 0.143. The quantitative estimate of drug-likeness (QED) is 0.688. The van der Waals surface area contributed by atoms with Crippen LogP contribution in [0.3, 0.4) is 0 Å². The summed E-state index contributed by atoms with van der Waals surface area (Å²) in [5.41, 5.74) is 0. The fourth-order valence-electron chi connectivity index (χ4n) is 1.84. The van der Waals surface area contributed by atoms with Crippen LogP contribution < -0.4 is 0 Å². The molecule has 0 unspecified atom stereocenters. The number of hydrogen-bond donors (Lipinski definition) is 0. The molecule has 0 bridgehead atoms. The Morgan fingerprint density at radius 1 is 1.16 bits per heavy atom. The number of thiophene rings is 2. The zero-order chi connectivity index (χ0) is 13.4. The van der Waals surface area contributed by atoms with Gasteiger partial charge in [-0.2, -0.15) is 0 Å². The van der Waals surface area contributed by atoms with Crippen molar-refractivity contribution in [3.05, 3.63) is 35.2 Å². The SMILES string of the molecule is CC(=O)COC(=O)c1cc2sc3ccccc3c2s1. The minimum absolute atomic E-state index is 0.155. The van der Waals surface area contributed by atoms with E-state index in [2.05, 4.69) is 12.1 Å². The van der Waals surface area contributed by atoms with Gasteiger partial charge in [0.05, 0.1) is 4.70 Å². The van der Waals surface area contributed by atoms with Crippen LogP contribution in [-0.2, 0) is 9.53 Å². The van der Waals surface area contributed by atoms with Gasteiger partial charge in [-0.1, -0.05) is 18.2 Å². The molecule has 0 aliphatic rings. The molecule has 0 radical (unpaired) electrons. The molecule has 19 heavy (non-hydrogen) atoms. The van der Waals surface area contributed by atoms with Gasteiger partial charge in [-0.05, 0) is 19.1 Å². The Hall–Kier alpha value is -1.72. The number of hydrogen-bond acceptors (Lipinski definition) is 5. The van der Waals surface area contributed by atoms with E-state index in [1.807, 2.05) is 18.2 Å². The summed E-state index contributed by atoms with van der Waals surface area (Å²) < 4.78 is 8.33. The minimum atomic E-state index is -0.423. The molecule has 0 aliphatic carbocycles. The van der Waals surface area contributed by atoms with Crippen molar-refractivity contribution in [1.82, 2.24) is 0 Å². The molecular formula is C14H10O3S2. The standard InChI is InChI=1S/C14H10O3S2/c1-8(15)7-17-14(16)12-6-11-13(19-12)9-4-2-3-5-10(9)18-11/h2-6H,7H2,1H3. The van der Waals surface area contributed by atoms with Crippen LogP contribution in [0.1, 0.15) is 16.6 Å². The minimum Gasteiger partial charge on any atom is -0.454 e. The summed E-state index contributed by atoms with van der Waals surface area (Å²) in [5, 5.41) is 1.16. The monoisotopic (exact) mass is 290 g/mol. The molecule has 0 amide bonds. The second-order valence-corrected chi connectivity index (χ2v) is 6.32. The number of Topliss-reactive ketones (excluding diaryl/α,β-unsaturated/α-hetero) is 1. The van der Waals surface area contributed by atoms with E-state index in [0.29, 0.717) is 4.88 Å². The Morgan fingerprint density at radius 3 is 2.74 bits per heavy atom. The van der Waals surface area contributed by atoms with Gasteiger partial charge in [-0.25, -0.2) is 4.79 Å². The maximum Gasteiger partial charge on any atom is 0.348 e. The van der Waals surface area contributed by atoms with Crippen molar-refractivity contribution >= 4 is 53.9 Å². The van der Waals surface area contributed by atoms with Crippen molar-refractivity contribution in [3.8, 4) is 0 Å². The summed E-state index contributed by atoms with van der Waals surface area (Å²) in [6, 6.07) is 9.95. The Bertz CT molecular complexity index is 782. The highest BCUT2D eigenvalue weighted by atomic mass is 32.1. The normalized spacial score (nSPS) is 11.0. The average Bonchev–Trinajstić information content (AvgIpc) is 2.93. The van der Waals surface area contributed by atoms with Gasteiger partial charge in [-0.3, -0.25) is 4.79 Å². The molecule has 0 aliphatic heterocycles. The van der Waals surface area contributed by atoms with Gasteiger partial charge >= 0.3 is 5.97 Å². The second-order valence-electron chi connectivity index (χ2n) is 4.18. The predicted molar refractivity (Wildman–Crippen MR) is 78.2 cm³/mol. The third-order valence-electron chi connectivity index (χ3n) is 2.66. The van der Waals surface area contributed by atoms with Crippen LogP contribution in [0.25, 0.3) is 19.5 Å². The third-order valence-corrected chi connectivity index (χ3v) is 5.05. The van der Waals surface area contributed by atoms with Gasteiger partial charge in [0.1, 0.15) is 11.5 Å². The summed E-state index contributed by atoms with van der Waals surface area (Å²) in [7, 11) is 0. The van der Waals surface area contributed by atoms with Crippen molar-refractivity contribution in [2.75, 3.05) is 6.61 Å². The van der Waals surface area contributed by atoms with Crippen LogP contribution in [0, 0.1) is 0 Å². The number of benzene rings is 1. The molecule has 5 heteroatoms. The number of rotatable bonds is 3. The molecule has 0 spiro atoms. The fourth-order valence-corrected chi connectivity index (χ4v) is 4.26. The lowest BCUT2D eigenvalue weighted by Crippen LogP contribution is -2.09. The van der Waals surface area contributed by atoms with E-state index in [4.69, 9.17) is 4.74 Å². The van der Waals surface area contributed by atoms with Crippen molar-refractivity contribution in [3.63, 3.8) is 0 Å². The molecule has 1 aromatic carbocycles. The van der Waals surface area contributed by atoms with Gasteiger partial charge in [0.25, 0.3) is 0 Å². The molecule has 2 aromatic heterocycles. The van der Waals surface area contributed by atoms with Gasteiger partial charge in [0.2, 0.25) is 0 Å². The molecule has 0 fully saturated rings. The summed E-state index contributed by atoms with van der Waals surface area (Å²) in [6.07, 6.45) is 0. The van der Waals surface area contributed by atoms with E-state index in [0.717, 1.165) is 14.8 Å². The van der Waals surface area contributed by atoms with E-state index < -0.39 is 5.97 Å². The Labute approximate surface area is 117 Å². The van der Waals surface area contributed by atoms with Gasteiger partial charge in [0, 0.05) is 14.8 Å². The zero-order valence-corrected chi connectivity index (χ0v) is 11.8. The number of fused-ring (bicyclic) bond motifs is 3. The molecule has 3 nitrogen and oxygen atoms in total. The second kappa shape index (κ2) is 4.75. The third kappa shape index (κ3) is 2.27. The smallest absolute Gasteiger partial charge is 0.348 e. The van der Waals surface area contributed by atoms with Crippen LogP contribution in [0.15, 0.2) is 30.3 Å². The van der Waals surface area contributed by atoms with E-state index in [-0.39, 0.29) is 12.4 Å². The first-order valence-corrected chi connectivity index (χ1v) is 7.36. The molecule has 96 valence electrons. The largest absolute Gasteiger partial charge is 0.454 e. The molecule has 2 heterocycles. The molecular weight excluding hydrogens is 280 g/mol. The number of ether oxygens (including phenoxy) is 1. The number of esters is 1. The molecule has 0 N–H and O–H groups in total. The first-order valence-electron chi connectivity index (χ1n) is 5.73. The van der Waals surface area contributed by atoms with Crippen molar-refractivity contribution in [2.45, 2.75) is 6.92 Å². The Balaban J connectivity index is 1.98. The highest BCUT2D eigenvalue weighted by Crippen LogP contribution is 2.39. The Kier molecular flexibility index (Phi) is 3.08. The van der Waals surface area contributed by atoms with Gasteiger partial charge in [0.15, 0.2) is 5.78 Å². The van der Waals surface area contributed by atoms with E-state index in [1.165, 1.54) is 23.0 Å². The summed E-state index contributed by atoms with van der Waals surface area (Å²) in [6.45, 7) is 1.24. The molecule has 0 atom stereocenters. The summed E-state index contributed by atoms with van der Waals surface area (Å²) >= 11 is 3.08. The predicted octanol–water partition coefficient (Wildman–Crippen LogP) is 3.86. The lowest BCUT2D eigenvalue weighted by molar-refractivity contribution is -0.120. The van der Waals surface area contributed by atoms with E-state index in [1.54, 1.807) is 11.3 Å². The first-order chi connectivity index (χ1) is 9.15. The number of ketones is 1. The van der Waals surface area contributed by atoms with Crippen LogP contribution in [0.2, 0.25) is 0 Å². The maximum atomic E-state index is 11.8. The lowest BCUT2D eigenvalue weighted by Gasteiger charge is -1.98. The summed E-state index contributed by atoms with van der Waals surface area (Å²) in [4.78, 5) is 23.1.